The number of carboxylic acids is 1. The molecule has 0 saturated heterocycles. The fraction of sp³-hybridized carbons (Fsp3) is 0.176. The van der Waals surface area contributed by atoms with E-state index in [2.05, 4.69) is 15.6 Å². The largest absolute Gasteiger partial charge is 0.478 e. The van der Waals surface area contributed by atoms with Crippen molar-refractivity contribution in [3.63, 3.8) is 0 Å². The quantitative estimate of drug-likeness (QED) is 0.494. The number of carboxylic acid groups (broad SMARTS) is 1. The first-order valence-corrected chi connectivity index (χ1v) is 9.30. The number of nitrogens with one attached hydrogen (secondary N) is 2. The van der Waals surface area contributed by atoms with Gasteiger partial charge in [-0.15, -0.1) is 23.1 Å². The van der Waals surface area contributed by atoms with Crippen molar-refractivity contribution in [2.75, 3.05) is 10.6 Å². The van der Waals surface area contributed by atoms with Crippen LogP contribution in [0.3, 0.4) is 0 Å². The number of thioether (sulfide) groups is 1. The highest BCUT2D eigenvalue weighted by atomic mass is 32.2. The van der Waals surface area contributed by atoms with Crippen LogP contribution < -0.4 is 10.6 Å². The van der Waals surface area contributed by atoms with E-state index in [1.165, 1.54) is 30.0 Å². The molecule has 1 atom stereocenters. The molecule has 0 fully saturated rings. The fourth-order valence-corrected chi connectivity index (χ4v) is 3.20. The highest BCUT2D eigenvalue weighted by molar-refractivity contribution is 8.00. The molecule has 0 aliphatic carbocycles. The normalized spacial score (nSPS) is 12.3. The molecule has 0 spiro atoms. The lowest BCUT2D eigenvalue weighted by Gasteiger charge is -2.11. The topological polar surface area (TPSA) is 108 Å². The predicted octanol–water partition coefficient (Wildman–Crippen LogP) is 3.23. The van der Waals surface area contributed by atoms with E-state index >= 15 is 0 Å². The number of hydrogen-bond acceptors (Lipinski definition) is 6. The van der Waals surface area contributed by atoms with Gasteiger partial charge in [0, 0.05) is 33.8 Å². The summed E-state index contributed by atoms with van der Waals surface area (Å²) in [6.45, 7) is 3.14. The molecular weight excluding hydrogens is 374 g/mol. The van der Waals surface area contributed by atoms with Gasteiger partial charge in [0.1, 0.15) is 0 Å². The minimum Gasteiger partial charge on any atom is -0.478 e. The Morgan fingerprint density at radius 3 is 2.50 bits per heavy atom. The standard InChI is InChI=1S/C17H17N3O4S2/c1-10(16(23)24)9-14(21)19-12-3-5-13(6-4-12)26-11(2)15(22)20-17-18-7-8-25-17/h3-9,11H,1-2H3,(H,19,21)(H,23,24)(H,18,20,22)/b10-9-/t11-/m0/s1. The van der Waals surface area contributed by atoms with Gasteiger partial charge >= 0.3 is 5.97 Å². The molecule has 1 aromatic heterocycles. The third kappa shape index (κ3) is 6.01. The summed E-state index contributed by atoms with van der Waals surface area (Å²) in [6.07, 6.45) is 2.65. The van der Waals surface area contributed by atoms with Crippen LogP contribution in [0.5, 0.6) is 0 Å². The summed E-state index contributed by atoms with van der Waals surface area (Å²) in [6, 6.07) is 6.94. The van der Waals surface area contributed by atoms with Crippen LogP contribution in [0.15, 0.2) is 52.4 Å². The number of amides is 2. The SMILES string of the molecule is C/C(=C/C(=O)Nc1ccc(S[C@@H](C)C(=O)Nc2nccs2)cc1)C(=O)O. The van der Waals surface area contributed by atoms with E-state index in [0.29, 0.717) is 10.8 Å². The number of aromatic nitrogens is 1. The number of hydrogen-bond donors (Lipinski definition) is 3. The number of aliphatic carboxylic acids is 1. The smallest absolute Gasteiger partial charge is 0.331 e. The first-order valence-electron chi connectivity index (χ1n) is 7.55. The van der Waals surface area contributed by atoms with Gasteiger partial charge in [-0.1, -0.05) is 0 Å². The van der Waals surface area contributed by atoms with Gasteiger partial charge < -0.3 is 15.7 Å². The van der Waals surface area contributed by atoms with Crippen molar-refractivity contribution in [3.05, 3.63) is 47.5 Å². The summed E-state index contributed by atoms with van der Waals surface area (Å²) in [5.74, 6) is -1.80. The molecule has 7 nitrogen and oxygen atoms in total. The number of carbonyl (C=O) groups is 3. The van der Waals surface area contributed by atoms with Gasteiger partial charge in [0.25, 0.3) is 0 Å². The fourth-order valence-electron chi connectivity index (χ4n) is 1.80. The molecular formula is C17H17N3O4S2. The van der Waals surface area contributed by atoms with Gasteiger partial charge in [0.15, 0.2) is 5.13 Å². The Morgan fingerprint density at radius 2 is 1.92 bits per heavy atom. The van der Waals surface area contributed by atoms with Crippen molar-refractivity contribution in [2.24, 2.45) is 0 Å². The molecule has 0 bridgehead atoms. The number of benzene rings is 1. The molecule has 0 aliphatic heterocycles. The van der Waals surface area contributed by atoms with Crippen LogP contribution in [0.1, 0.15) is 13.8 Å². The number of nitrogens with zero attached hydrogens (tertiary/aromatic N) is 1. The molecule has 26 heavy (non-hydrogen) atoms. The number of thiazole rings is 1. The van der Waals surface area contributed by atoms with Gasteiger partial charge in [0.05, 0.1) is 5.25 Å². The molecule has 1 heterocycles. The van der Waals surface area contributed by atoms with Crippen molar-refractivity contribution < 1.29 is 19.5 Å². The van der Waals surface area contributed by atoms with Gasteiger partial charge in [0.2, 0.25) is 11.8 Å². The molecule has 0 unspecified atom stereocenters. The number of carbonyl (C=O) groups excluding carboxylic acids is 2. The van der Waals surface area contributed by atoms with Gasteiger partial charge in [-0.3, -0.25) is 9.59 Å². The molecule has 2 amide bonds. The molecule has 0 aliphatic rings. The van der Waals surface area contributed by atoms with E-state index in [1.54, 1.807) is 42.8 Å². The van der Waals surface area contributed by atoms with Gasteiger partial charge in [-0.2, -0.15) is 0 Å². The molecule has 136 valence electrons. The maximum atomic E-state index is 12.1. The third-order valence-electron chi connectivity index (χ3n) is 3.15. The summed E-state index contributed by atoms with van der Waals surface area (Å²) in [7, 11) is 0. The van der Waals surface area contributed by atoms with E-state index in [4.69, 9.17) is 5.11 Å². The van der Waals surface area contributed by atoms with E-state index in [0.717, 1.165) is 11.0 Å². The Bertz CT molecular complexity index is 817. The second-order valence-electron chi connectivity index (χ2n) is 5.23. The lowest BCUT2D eigenvalue weighted by molar-refractivity contribution is -0.132. The van der Waals surface area contributed by atoms with E-state index < -0.39 is 11.9 Å². The highest BCUT2D eigenvalue weighted by Gasteiger charge is 2.15. The van der Waals surface area contributed by atoms with Gasteiger partial charge in [-0.25, -0.2) is 9.78 Å². The molecule has 9 heteroatoms. The molecule has 2 rings (SSSR count). The molecule has 1 aromatic carbocycles. The zero-order chi connectivity index (χ0) is 19.1. The molecule has 0 radical (unpaired) electrons. The lowest BCUT2D eigenvalue weighted by atomic mass is 10.2. The lowest BCUT2D eigenvalue weighted by Crippen LogP contribution is -2.22. The minimum absolute atomic E-state index is 0.0465. The summed E-state index contributed by atoms with van der Waals surface area (Å²) >= 11 is 2.73. The molecule has 3 N–H and O–H groups in total. The summed E-state index contributed by atoms with van der Waals surface area (Å²) in [5, 5.41) is 16.1. The van der Waals surface area contributed by atoms with E-state index in [9.17, 15) is 14.4 Å². The van der Waals surface area contributed by atoms with Crippen molar-refractivity contribution in [3.8, 4) is 0 Å². The monoisotopic (exact) mass is 391 g/mol. The highest BCUT2D eigenvalue weighted by Crippen LogP contribution is 2.26. The van der Waals surface area contributed by atoms with Crippen molar-refractivity contribution in [1.29, 1.82) is 0 Å². The summed E-state index contributed by atoms with van der Waals surface area (Å²) < 4.78 is 0. The van der Waals surface area contributed by atoms with Crippen LogP contribution in [0.4, 0.5) is 10.8 Å². The maximum Gasteiger partial charge on any atom is 0.331 e. The van der Waals surface area contributed by atoms with Crippen LogP contribution >= 0.6 is 23.1 Å². The Balaban J connectivity index is 1.90. The third-order valence-corrected chi connectivity index (χ3v) is 4.95. The van der Waals surface area contributed by atoms with Crippen molar-refractivity contribution >= 4 is 51.7 Å². The zero-order valence-electron chi connectivity index (χ0n) is 14.1. The van der Waals surface area contributed by atoms with Crippen molar-refractivity contribution in [2.45, 2.75) is 24.0 Å². The average molecular weight is 391 g/mol. The van der Waals surface area contributed by atoms with E-state index in [-0.39, 0.29) is 16.7 Å². The first-order chi connectivity index (χ1) is 12.3. The maximum absolute atomic E-state index is 12.1. The van der Waals surface area contributed by atoms with Crippen LogP contribution in [-0.2, 0) is 14.4 Å². The number of anilines is 2. The van der Waals surface area contributed by atoms with Crippen LogP contribution in [0, 0.1) is 0 Å². The molecule has 0 saturated carbocycles. The van der Waals surface area contributed by atoms with Gasteiger partial charge in [-0.05, 0) is 38.1 Å². The first kappa shape index (κ1) is 19.7. The van der Waals surface area contributed by atoms with Crippen molar-refractivity contribution in [1.82, 2.24) is 4.98 Å². The van der Waals surface area contributed by atoms with Crippen LogP contribution in [0.25, 0.3) is 0 Å². The summed E-state index contributed by atoms with van der Waals surface area (Å²) in [5.41, 5.74) is 0.489. The Kier molecular flexibility index (Phi) is 6.93. The van der Waals surface area contributed by atoms with Crippen LogP contribution in [0.2, 0.25) is 0 Å². The Morgan fingerprint density at radius 1 is 1.23 bits per heavy atom. The predicted molar refractivity (Wildman–Crippen MR) is 103 cm³/mol. The summed E-state index contributed by atoms with van der Waals surface area (Å²) in [4.78, 5) is 39.4. The minimum atomic E-state index is -1.14. The Hall–Kier alpha value is -2.65. The van der Waals surface area contributed by atoms with Crippen LogP contribution in [-0.4, -0.2) is 33.1 Å². The number of rotatable bonds is 7. The molecule has 2 aromatic rings. The second-order valence-corrected chi connectivity index (χ2v) is 7.54. The average Bonchev–Trinajstić information content (AvgIpc) is 3.09. The second kappa shape index (κ2) is 9.16. The zero-order valence-corrected chi connectivity index (χ0v) is 15.7. The van der Waals surface area contributed by atoms with E-state index in [1.807, 2.05) is 0 Å². The Labute approximate surface area is 158 Å².